The standard InChI is InChI=1S/C27H34N4O5/c1-27(2,3)20-11-13-21(14-12-20)36-18-22(32)30(15-8-16-35-4)23-24(28)31(26(34)29-25(23)33)17-19-9-6-5-7-10-19/h5-7,9-14H,8,15-18,28H2,1-4H3,(H,29,33,34). The fourth-order valence-corrected chi connectivity index (χ4v) is 3.76. The predicted molar refractivity (Wildman–Crippen MR) is 141 cm³/mol. The normalized spacial score (nSPS) is 11.3. The number of nitrogens with zero attached hydrogens (tertiary/aromatic N) is 2. The van der Waals surface area contributed by atoms with Crippen LogP contribution in [0.1, 0.15) is 38.3 Å². The van der Waals surface area contributed by atoms with Gasteiger partial charge in [0.1, 0.15) is 11.6 Å². The lowest BCUT2D eigenvalue weighted by atomic mass is 9.87. The number of carbonyl (C=O) groups is 1. The lowest BCUT2D eigenvalue weighted by molar-refractivity contribution is -0.120. The van der Waals surface area contributed by atoms with E-state index in [1.807, 2.05) is 54.6 Å². The minimum atomic E-state index is -0.734. The zero-order valence-electron chi connectivity index (χ0n) is 21.2. The molecule has 0 fully saturated rings. The zero-order valence-corrected chi connectivity index (χ0v) is 21.2. The summed E-state index contributed by atoms with van der Waals surface area (Å²) in [5.41, 5.74) is 6.81. The summed E-state index contributed by atoms with van der Waals surface area (Å²) < 4.78 is 12.1. The summed E-state index contributed by atoms with van der Waals surface area (Å²) in [6.45, 7) is 6.72. The first-order chi connectivity index (χ1) is 17.1. The van der Waals surface area contributed by atoms with Crippen LogP contribution in [0.15, 0.2) is 64.2 Å². The largest absolute Gasteiger partial charge is 0.484 e. The Bertz CT molecular complexity index is 1270. The Hall–Kier alpha value is -3.85. The molecular formula is C27H34N4O5. The van der Waals surface area contributed by atoms with Crippen LogP contribution < -0.4 is 26.6 Å². The molecule has 0 aliphatic carbocycles. The molecule has 1 amide bonds. The molecule has 192 valence electrons. The third-order valence-corrected chi connectivity index (χ3v) is 5.78. The van der Waals surface area contributed by atoms with Crippen molar-refractivity contribution >= 4 is 17.4 Å². The molecule has 9 nitrogen and oxygen atoms in total. The van der Waals surface area contributed by atoms with Crippen LogP contribution in [-0.2, 0) is 21.5 Å². The van der Waals surface area contributed by atoms with Gasteiger partial charge in [-0.15, -0.1) is 0 Å². The lowest BCUT2D eigenvalue weighted by Gasteiger charge is -2.25. The van der Waals surface area contributed by atoms with Crippen molar-refractivity contribution in [3.63, 3.8) is 0 Å². The fourth-order valence-electron chi connectivity index (χ4n) is 3.76. The van der Waals surface area contributed by atoms with Crippen molar-refractivity contribution in [3.05, 3.63) is 86.6 Å². The van der Waals surface area contributed by atoms with E-state index in [1.54, 1.807) is 7.11 Å². The first-order valence-corrected chi connectivity index (χ1v) is 11.8. The molecule has 0 saturated heterocycles. The van der Waals surface area contributed by atoms with Gasteiger partial charge in [-0.05, 0) is 35.1 Å². The highest BCUT2D eigenvalue weighted by atomic mass is 16.5. The van der Waals surface area contributed by atoms with E-state index in [1.165, 1.54) is 9.47 Å². The molecule has 0 radical (unpaired) electrons. The number of aromatic nitrogens is 2. The number of rotatable bonds is 10. The molecule has 3 rings (SSSR count). The summed E-state index contributed by atoms with van der Waals surface area (Å²) >= 11 is 0. The van der Waals surface area contributed by atoms with Crippen molar-refractivity contribution in [2.75, 3.05) is 37.5 Å². The molecule has 0 bridgehead atoms. The van der Waals surface area contributed by atoms with E-state index in [0.717, 1.165) is 11.1 Å². The van der Waals surface area contributed by atoms with Crippen molar-refractivity contribution in [1.82, 2.24) is 9.55 Å². The van der Waals surface area contributed by atoms with Gasteiger partial charge < -0.3 is 20.1 Å². The highest BCUT2D eigenvalue weighted by Crippen LogP contribution is 2.24. The summed E-state index contributed by atoms with van der Waals surface area (Å²) in [5, 5.41) is 0. The van der Waals surface area contributed by atoms with Crippen LogP contribution in [0.2, 0.25) is 0 Å². The molecule has 0 spiro atoms. The van der Waals surface area contributed by atoms with Crippen molar-refractivity contribution in [3.8, 4) is 5.75 Å². The van der Waals surface area contributed by atoms with Gasteiger partial charge in [-0.1, -0.05) is 63.2 Å². The van der Waals surface area contributed by atoms with E-state index in [-0.39, 0.29) is 36.6 Å². The topological polar surface area (TPSA) is 120 Å². The molecule has 2 aromatic carbocycles. The summed E-state index contributed by atoms with van der Waals surface area (Å²) in [7, 11) is 1.55. The number of nitrogen functional groups attached to an aromatic ring is 1. The molecule has 3 N–H and O–H groups in total. The fraction of sp³-hybridized carbons (Fsp3) is 0.370. The maximum Gasteiger partial charge on any atom is 0.330 e. The van der Waals surface area contributed by atoms with E-state index in [4.69, 9.17) is 15.2 Å². The number of benzene rings is 2. The molecule has 0 unspecified atom stereocenters. The van der Waals surface area contributed by atoms with E-state index >= 15 is 0 Å². The number of methoxy groups -OCH3 is 1. The summed E-state index contributed by atoms with van der Waals surface area (Å²) in [6.07, 6.45) is 0.458. The van der Waals surface area contributed by atoms with Gasteiger partial charge in [-0.25, -0.2) is 4.79 Å². The van der Waals surface area contributed by atoms with Crippen LogP contribution in [0.5, 0.6) is 5.75 Å². The number of hydrogen-bond acceptors (Lipinski definition) is 6. The molecule has 0 aliphatic rings. The monoisotopic (exact) mass is 494 g/mol. The van der Waals surface area contributed by atoms with E-state index < -0.39 is 17.2 Å². The average molecular weight is 495 g/mol. The predicted octanol–water partition coefficient (Wildman–Crippen LogP) is 2.91. The number of carbonyl (C=O) groups excluding carboxylic acids is 1. The summed E-state index contributed by atoms with van der Waals surface area (Å²) in [4.78, 5) is 42.2. The van der Waals surface area contributed by atoms with Gasteiger partial charge in [0.25, 0.3) is 11.5 Å². The second-order valence-electron chi connectivity index (χ2n) is 9.52. The van der Waals surface area contributed by atoms with Gasteiger partial charge in [-0.3, -0.25) is 19.1 Å². The molecule has 0 saturated carbocycles. The van der Waals surface area contributed by atoms with Crippen molar-refractivity contribution in [2.24, 2.45) is 0 Å². The van der Waals surface area contributed by atoms with Crippen LogP contribution in [0, 0.1) is 0 Å². The highest BCUT2D eigenvalue weighted by molar-refractivity contribution is 5.96. The molecular weight excluding hydrogens is 460 g/mol. The molecule has 0 atom stereocenters. The maximum absolute atomic E-state index is 13.3. The van der Waals surface area contributed by atoms with Crippen LogP contribution in [0.25, 0.3) is 0 Å². The molecule has 36 heavy (non-hydrogen) atoms. The number of nitrogens with one attached hydrogen (secondary N) is 1. The first-order valence-electron chi connectivity index (χ1n) is 11.8. The highest BCUT2D eigenvalue weighted by Gasteiger charge is 2.25. The number of hydrogen-bond donors (Lipinski definition) is 2. The van der Waals surface area contributed by atoms with Gasteiger partial charge in [0.05, 0.1) is 6.54 Å². The van der Waals surface area contributed by atoms with E-state index in [0.29, 0.717) is 18.8 Å². The second-order valence-corrected chi connectivity index (χ2v) is 9.52. The third kappa shape index (κ3) is 6.63. The molecule has 1 aromatic heterocycles. The number of aromatic amines is 1. The van der Waals surface area contributed by atoms with Crippen LogP contribution >= 0.6 is 0 Å². The molecule has 1 heterocycles. The Balaban J connectivity index is 1.88. The Morgan fingerprint density at radius 2 is 1.72 bits per heavy atom. The number of anilines is 2. The van der Waals surface area contributed by atoms with Gasteiger partial charge in [0.2, 0.25) is 0 Å². The van der Waals surface area contributed by atoms with Crippen molar-refractivity contribution in [1.29, 1.82) is 0 Å². The molecule has 9 heteroatoms. The van der Waals surface area contributed by atoms with E-state index in [9.17, 15) is 14.4 Å². The Morgan fingerprint density at radius 1 is 1.06 bits per heavy atom. The van der Waals surface area contributed by atoms with Gasteiger partial charge in [0, 0.05) is 20.3 Å². The summed E-state index contributed by atoms with van der Waals surface area (Å²) in [5.74, 6) is -0.0230. The smallest absolute Gasteiger partial charge is 0.330 e. The minimum Gasteiger partial charge on any atom is -0.484 e. The quantitative estimate of drug-likeness (QED) is 0.418. The Kier molecular flexibility index (Phi) is 8.71. The lowest BCUT2D eigenvalue weighted by Crippen LogP contribution is -2.43. The van der Waals surface area contributed by atoms with Crippen molar-refractivity contribution < 1.29 is 14.3 Å². The number of nitrogens with two attached hydrogens (primary N) is 1. The average Bonchev–Trinajstić information content (AvgIpc) is 2.84. The minimum absolute atomic E-state index is 0.00605. The van der Waals surface area contributed by atoms with Crippen LogP contribution in [0.3, 0.4) is 0 Å². The molecule has 0 aliphatic heterocycles. The third-order valence-electron chi connectivity index (χ3n) is 5.78. The zero-order chi connectivity index (χ0) is 26.3. The SMILES string of the molecule is COCCCN(C(=O)COc1ccc(C(C)(C)C)cc1)c1c(N)n(Cc2ccccc2)c(=O)[nH]c1=O. The second kappa shape index (κ2) is 11.7. The number of amides is 1. The number of ether oxygens (including phenoxy) is 2. The summed E-state index contributed by atoms with van der Waals surface area (Å²) in [6, 6.07) is 16.8. The van der Waals surface area contributed by atoms with Crippen LogP contribution in [-0.4, -0.2) is 42.3 Å². The number of H-pyrrole nitrogens is 1. The van der Waals surface area contributed by atoms with Gasteiger partial charge in [0.15, 0.2) is 12.3 Å². The molecule has 3 aromatic rings. The van der Waals surface area contributed by atoms with Gasteiger partial charge >= 0.3 is 5.69 Å². The Labute approximate surface area is 210 Å². The maximum atomic E-state index is 13.3. The van der Waals surface area contributed by atoms with Crippen molar-refractivity contribution in [2.45, 2.75) is 39.2 Å². The Morgan fingerprint density at radius 3 is 2.33 bits per heavy atom. The first kappa shape index (κ1) is 26.7. The van der Waals surface area contributed by atoms with E-state index in [2.05, 4.69) is 25.8 Å². The van der Waals surface area contributed by atoms with Gasteiger partial charge in [-0.2, -0.15) is 0 Å². The van der Waals surface area contributed by atoms with Crippen LogP contribution in [0.4, 0.5) is 11.5 Å².